The third-order valence-corrected chi connectivity index (χ3v) is 5.33. The van der Waals surface area contributed by atoms with Crippen LogP contribution in [0.3, 0.4) is 0 Å². The van der Waals surface area contributed by atoms with E-state index in [0.717, 1.165) is 25.0 Å². The summed E-state index contributed by atoms with van der Waals surface area (Å²) in [6.07, 6.45) is 1.99. The molecule has 1 aliphatic heterocycles. The van der Waals surface area contributed by atoms with E-state index in [0.29, 0.717) is 38.8 Å². The Morgan fingerprint density at radius 2 is 2.07 bits per heavy atom. The van der Waals surface area contributed by atoms with Gasteiger partial charge < -0.3 is 14.5 Å². The number of amides is 1. The van der Waals surface area contributed by atoms with Crippen LogP contribution in [0.5, 0.6) is 0 Å². The average molecular weight is 431 g/mol. The van der Waals surface area contributed by atoms with Gasteiger partial charge in [-0.1, -0.05) is 29.3 Å². The predicted molar refractivity (Wildman–Crippen MR) is 114 cm³/mol. The van der Waals surface area contributed by atoms with Crippen LogP contribution in [-0.2, 0) is 4.74 Å². The zero-order valence-corrected chi connectivity index (χ0v) is 17.4. The zero-order chi connectivity index (χ0) is 20.4. The summed E-state index contributed by atoms with van der Waals surface area (Å²) in [7, 11) is 0. The molecule has 0 aliphatic carbocycles. The maximum atomic E-state index is 12.9. The molecule has 2 heterocycles. The summed E-state index contributed by atoms with van der Waals surface area (Å²) in [5.74, 6) is -0.284. The smallest absolute Gasteiger partial charge is 0.256 e. The van der Waals surface area contributed by atoms with Gasteiger partial charge in [0.1, 0.15) is 11.1 Å². The van der Waals surface area contributed by atoms with Crippen molar-refractivity contribution >= 4 is 45.8 Å². The lowest BCUT2D eigenvalue weighted by atomic mass is 10.1. The normalized spacial score (nSPS) is 17.1. The van der Waals surface area contributed by atoms with Crippen molar-refractivity contribution in [2.45, 2.75) is 25.9 Å². The summed E-state index contributed by atoms with van der Waals surface area (Å²) in [5, 5.41) is 4.68. The minimum atomic E-state index is -0.284. The van der Waals surface area contributed by atoms with Gasteiger partial charge in [0.15, 0.2) is 0 Å². The van der Waals surface area contributed by atoms with Gasteiger partial charge in [-0.3, -0.25) is 4.79 Å². The molecule has 0 unspecified atom stereocenters. The maximum Gasteiger partial charge on any atom is 0.256 e. The average Bonchev–Trinajstić information content (AvgIpc) is 3.21. The summed E-state index contributed by atoms with van der Waals surface area (Å²) >= 11 is 12.4. The lowest BCUT2D eigenvalue weighted by molar-refractivity contribution is 0.0854. The molecule has 1 amide bonds. The molecule has 5 nitrogen and oxygen atoms in total. The van der Waals surface area contributed by atoms with Crippen molar-refractivity contribution in [3.05, 3.63) is 69.2 Å². The topological polar surface area (TPSA) is 63.8 Å². The highest BCUT2D eigenvalue weighted by Crippen LogP contribution is 2.26. The summed E-state index contributed by atoms with van der Waals surface area (Å²) in [6, 6.07) is 12.5. The number of rotatable bonds is 4. The lowest BCUT2D eigenvalue weighted by Gasteiger charge is -2.11. The summed E-state index contributed by atoms with van der Waals surface area (Å²) < 4.78 is 11.5. The Morgan fingerprint density at radius 3 is 2.83 bits per heavy atom. The van der Waals surface area contributed by atoms with Gasteiger partial charge >= 0.3 is 0 Å². The SMILES string of the molecule is Cc1ccc(N=c2oc3ccc(Cl)cc3cc2C(=O)NC[C@H]2CCCO2)c(Cl)c1. The number of ether oxygens (including phenoxy) is 1. The number of benzene rings is 2. The fraction of sp³-hybridized carbons (Fsp3) is 0.273. The van der Waals surface area contributed by atoms with Crippen molar-refractivity contribution in [3.8, 4) is 0 Å². The van der Waals surface area contributed by atoms with Crippen LogP contribution in [0.4, 0.5) is 5.69 Å². The van der Waals surface area contributed by atoms with Crippen molar-refractivity contribution in [2.75, 3.05) is 13.2 Å². The lowest BCUT2D eigenvalue weighted by Crippen LogP contribution is -2.34. The van der Waals surface area contributed by atoms with Gasteiger partial charge in [0, 0.05) is 23.6 Å². The van der Waals surface area contributed by atoms with E-state index in [1.165, 1.54) is 0 Å². The first-order valence-electron chi connectivity index (χ1n) is 9.44. The molecule has 0 bridgehead atoms. The molecular weight excluding hydrogens is 411 g/mol. The highest BCUT2D eigenvalue weighted by atomic mass is 35.5. The number of hydrogen-bond donors (Lipinski definition) is 1. The summed E-state index contributed by atoms with van der Waals surface area (Å²) in [4.78, 5) is 17.5. The van der Waals surface area contributed by atoms with E-state index in [4.69, 9.17) is 32.4 Å². The minimum absolute atomic E-state index is 0.0396. The van der Waals surface area contributed by atoms with Crippen LogP contribution in [0.25, 0.3) is 11.0 Å². The second kappa shape index (κ2) is 8.57. The first-order chi connectivity index (χ1) is 14.0. The van der Waals surface area contributed by atoms with Crippen LogP contribution in [-0.4, -0.2) is 25.2 Å². The fourth-order valence-electron chi connectivity index (χ4n) is 3.27. The van der Waals surface area contributed by atoms with Crippen LogP contribution >= 0.6 is 23.2 Å². The number of nitrogens with one attached hydrogen (secondary N) is 1. The Labute approximate surface area is 178 Å². The first kappa shape index (κ1) is 20.0. The maximum absolute atomic E-state index is 12.9. The number of fused-ring (bicyclic) bond motifs is 1. The molecule has 1 aliphatic rings. The molecule has 7 heteroatoms. The molecule has 0 radical (unpaired) electrons. The van der Waals surface area contributed by atoms with Crippen molar-refractivity contribution in [2.24, 2.45) is 4.99 Å². The minimum Gasteiger partial charge on any atom is -0.438 e. The summed E-state index contributed by atoms with van der Waals surface area (Å²) in [5.41, 5.74) is 2.63. The van der Waals surface area contributed by atoms with E-state index < -0.39 is 0 Å². The largest absolute Gasteiger partial charge is 0.438 e. The van der Waals surface area contributed by atoms with E-state index in [1.807, 2.05) is 19.1 Å². The third kappa shape index (κ3) is 4.64. The zero-order valence-electron chi connectivity index (χ0n) is 15.9. The number of carbonyl (C=O) groups excluding carboxylic acids is 1. The molecule has 1 atom stereocenters. The van der Waals surface area contributed by atoms with E-state index in [-0.39, 0.29) is 17.6 Å². The number of hydrogen-bond acceptors (Lipinski definition) is 4. The number of aryl methyl sites for hydroxylation is 1. The van der Waals surface area contributed by atoms with Crippen LogP contribution in [0.1, 0.15) is 28.8 Å². The molecule has 29 heavy (non-hydrogen) atoms. The van der Waals surface area contributed by atoms with Gasteiger partial charge in [0.05, 0.1) is 16.8 Å². The Bertz CT molecular complexity index is 1130. The van der Waals surface area contributed by atoms with E-state index >= 15 is 0 Å². The Hall–Kier alpha value is -2.34. The van der Waals surface area contributed by atoms with Gasteiger partial charge in [-0.05, 0) is 61.7 Å². The molecule has 0 spiro atoms. The molecule has 3 aromatic rings. The Kier molecular flexibility index (Phi) is 5.90. The van der Waals surface area contributed by atoms with Crippen LogP contribution < -0.4 is 10.9 Å². The second-order valence-electron chi connectivity index (χ2n) is 7.06. The highest BCUT2D eigenvalue weighted by molar-refractivity contribution is 6.33. The van der Waals surface area contributed by atoms with Gasteiger partial charge in [-0.2, -0.15) is 0 Å². The molecule has 1 N–H and O–H groups in total. The van der Waals surface area contributed by atoms with Crippen molar-refractivity contribution < 1.29 is 13.9 Å². The predicted octanol–water partition coefficient (Wildman–Crippen LogP) is 5.19. The summed E-state index contributed by atoms with van der Waals surface area (Å²) in [6.45, 7) is 3.12. The fourth-order valence-corrected chi connectivity index (χ4v) is 3.72. The van der Waals surface area contributed by atoms with Gasteiger partial charge in [0.2, 0.25) is 5.55 Å². The first-order valence-corrected chi connectivity index (χ1v) is 10.2. The van der Waals surface area contributed by atoms with Gasteiger partial charge in [-0.15, -0.1) is 0 Å². The number of nitrogens with zero attached hydrogens (tertiary/aromatic N) is 1. The second-order valence-corrected chi connectivity index (χ2v) is 7.90. The van der Waals surface area contributed by atoms with E-state index in [2.05, 4.69) is 10.3 Å². The molecule has 4 rings (SSSR count). The Morgan fingerprint density at radius 1 is 1.21 bits per heavy atom. The van der Waals surface area contributed by atoms with E-state index in [1.54, 1.807) is 30.3 Å². The Balaban J connectivity index is 1.78. The quantitative estimate of drug-likeness (QED) is 0.619. The molecule has 2 aromatic carbocycles. The number of carbonyl (C=O) groups is 1. The molecular formula is C22H20Cl2N2O3. The van der Waals surface area contributed by atoms with Gasteiger partial charge in [-0.25, -0.2) is 4.99 Å². The molecule has 1 saturated heterocycles. The van der Waals surface area contributed by atoms with Crippen LogP contribution in [0.2, 0.25) is 10.0 Å². The monoisotopic (exact) mass is 430 g/mol. The standard InChI is InChI=1S/C22H20Cl2N2O3/c1-13-4-6-19(18(24)9-13)26-22-17(21(27)25-12-16-3-2-8-28-16)11-14-10-15(23)5-7-20(14)29-22/h4-7,9-11,16H,2-3,8,12H2,1H3,(H,25,27)/t16-/m1/s1. The molecule has 1 aromatic heterocycles. The van der Waals surface area contributed by atoms with Crippen LogP contribution in [0.15, 0.2) is 51.9 Å². The molecule has 150 valence electrons. The molecule has 0 saturated carbocycles. The third-order valence-electron chi connectivity index (χ3n) is 4.79. The van der Waals surface area contributed by atoms with Crippen LogP contribution in [0, 0.1) is 6.92 Å². The van der Waals surface area contributed by atoms with E-state index in [9.17, 15) is 4.79 Å². The molecule has 1 fully saturated rings. The number of halogens is 2. The van der Waals surface area contributed by atoms with Crippen molar-refractivity contribution in [3.63, 3.8) is 0 Å². The van der Waals surface area contributed by atoms with Crippen molar-refractivity contribution in [1.29, 1.82) is 0 Å². The highest BCUT2D eigenvalue weighted by Gasteiger charge is 2.19. The van der Waals surface area contributed by atoms with Crippen molar-refractivity contribution in [1.82, 2.24) is 5.32 Å². The van der Waals surface area contributed by atoms with Gasteiger partial charge in [0.25, 0.3) is 5.91 Å².